The van der Waals surface area contributed by atoms with Crippen molar-refractivity contribution in [2.45, 2.75) is 19.5 Å². The molecule has 2 aromatic carbocycles. The van der Waals surface area contributed by atoms with Crippen molar-refractivity contribution in [2.24, 2.45) is 4.99 Å². The van der Waals surface area contributed by atoms with Gasteiger partial charge in [0.25, 0.3) is 0 Å². The van der Waals surface area contributed by atoms with Gasteiger partial charge in [-0.3, -0.25) is 0 Å². The van der Waals surface area contributed by atoms with E-state index >= 15 is 0 Å². The summed E-state index contributed by atoms with van der Waals surface area (Å²) in [7, 11) is 0. The molecule has 1 radical (unpaired) electrons. The van der Waals surface area contributed by atoms with E-state index in [0.29, 0.717) is 0 Å². The summed E-state index contributed by atoms with van der Waals surface area (Å²) in [6, 6.07) is 14.9. The molecule has 29 heavy (non-hydrogen) atoms. The Labute approximate surface area is 198 Å². The molecule has 3 aliphatic rings. The molecule has 5 rings (SSSR count). The molecule has 0 bridgehead atoms. The number of hydrogen-bond donors (Lipinski definition) is 0. The molecule has 0 saturated heterocycles. The first-order valence-electron chi connectivity index (χ1n) is 9.30. The fourth-order valence-electron chi connectivity index (χ4n) is 3.32. The molecule has 0 saturated carbocycles. The first kappa shape index (κ1) is 24.0. The van der Waals surface area contributed by atoms with Crippen molar-refractivity contribution in [2.75, 3.05) is 0 Å². The smallest absolute Gasteiger partial charge is 1.00 e. The van der Waals surface area contributed by atoms with Crippen LogP contribution in [-0.4, -0.2) is 11.6 Å². The summed E-state index contributed by atoms with van der Waals surface area (Å²) in [5.41, 5.74) is 4.55. The van der Waals surface area contributed by atoms with E-state index in [-0.39, 0.29) is 53.1 Å². The molecule has 2 aromatic rings. The van der Waals surface area contributed by atoms with Gasteiger partial charge in [0, 0.05) is 11.1 Å². The Kier molecular flexibility index (Phi) is 9.30. The molecule has 0 N–H and O–H groups in total. The van der Waals surface area contributed by atoms with Crippen LogP contribution in [0.25, 0.3) is 10.8 Å². The average Bonchev–Trinajstić information content (AvgIpc) is 3.39. The molecule has 145 valence electrons. The van der Waals surface area contributed by atoms with Crippen LogP contribution in [0.2, 0.25) is 13.1 Å². The summed E-state index contributed by atoms with van der Waals surface area (Å²) in [5.74, 6) is 0.144. The number of nitrogens with zero attached hydrogens (tertiary/aromatic N) is 1. The first-order chi connectivity index (χ1) is 13.2. The number of hydrogen-bond acceptors (Lipinski definition) is 1. The molecule has 0 unspecified atom stereocenters. The fourth-order valence-corrected chi connectivity index (χ4v) is 10.8. The fraction of sp³-hybridized carbons (Fsp3) is 0.125. The number of rotatable bonds is 3. The molecule has 0 amide bonds. The summed E-state index contributed by atoms with van der Waals surface area (Å²) in [5, 5.41) is 2.53. The van der Waals surface area contributed by atoms with E-state index in [1.165, 1.54) is 28.3 Å². The van der Waals surface area contributed by atoms with E-state index < -0.39 is 0 Å². The van der Waals surface area contributed by atoms with Gasteiger partial charge in [-0.05, 0) is 29.0 Å². The average molecular weight is 515 g/mol. The van der Waals surface area contributed by atoms with Gasteiger partial charge in [0.15, 0.2) is 0 Å². The van der Waals surface area contributed by atoms with Crippen LogP contribution in [0, 0.1) is 0 Å². The van der Waals surface area contributed by atoms with Gasteiger partial charge in [-0.1, -0.05) is 48.6 Å². The van der Waals surface area contributed by atoms with Gasteiger partial charge in [-0.2, -0.15) is 0 Å². The van der Waals surface area contributed by atoms with Crippen molar-refractivity contribution in [3.8, 4) is 0 Å². The molecule has 0 atom stereocenters. The number of fused-ring (bicyclic) bond motifs is 2. The monoisotopic (exact) mass is 512 g/mol. The van der Waals surface area contributed by atoms with E-state index in [4.69, 9.17) is 0 Å². The maximum absolute atomic E-state index is 4.65. The molecule has 0 aromatic heterocycles. The van der Waals surface area contributed by atoms with E-state index in [9.17, 15) is 0 Å². The molecule has 0 spiro atoms. The second-order valence-corrected chi connectivity index (χ2v) is 20.1. The molecular weight excluding hydrogens is 492 g/mol. The maximum atomic E-state index is 4.65. The van der Waals surface area contributed by atoms with Crippen molar-refractivity contribution in [1.29, 1.82) is 0 Å². The quantitative estimate of drug-likeness (QED) is 0.519. The van der Waals surface area contributed by atoms with Gasteiger partial charge in [0.1, 0.15) is 0 Å². The zero-order valence-corrected chi connectivity index (χ0v) is 21.5. The number of benzene rings is 2. The Morgan fingerprint density at radius 2 is 1.72 bits per heavy atom. The maximum Gasteiger partial charge on any atom is -1.00 e. The minimum atomic E-state index is -0.0345. The van der Waals surface area contributed by atoms with Crippen molar-refractivity contribution in [1.82, 2.24) is 0 Å². The van der Waals surface area contributed by atoms with Crippen LogP contribution in [0.15, 0.2) is 105 Å². The molecule has 1 heterocycles. The summed E-state index contributed by atoms with van der Waals surface area (Å²) < 4.78 is 1.80. The van der Waals surface area contributed by atoms with Crippen LogP contribution in [-0.2, 0) is 22.4 Å². The molecule has 1 aliphatic heterocycles. The van der Waals surface area contributed by atoms with Gasteiger partial charge in [0.2, 0.25) is 0 Å². The Morgan fingerprint density at radius 1 is 0.931 bits per heavy atom. The zero-order valence-electron chi connectivity index (χ0n) is 16.5. The summed E-state index contributed by atoms with van der Waals surface area (Å²) in [4.78, 5) is 4.65. The summed E-state index contributed by atoms with van der Waals surface area (Å²) in [6.45, 7) is 4.88. The SMILES string of the molecule is C1=CC2=CC(c3ccc4ccccc4c3)=NC2=C1.C[Si](C)[Zr+2][C]1=CC=CC1.[Cl-].[Cl-]. The van der Waals surface area contributed by atoms with E-state index in [1.807, 2.05) is 6.08 Å². The summed E-state index contributed by atoms with van der Waals surface area (Å²) >= 11 is -0.0345. The minimum Gasteiger partial charge on any atom is -1.00 e. The predicted molar refractivity (Wildman–Crippen MR) is 115 cm³/mol. The van der Waals surface area contributed by atoms with Crippen molar-refractivity contribution < 1.29 is 47.2 Å². The van der Waals surface area contributed by atoms with Crippen molar-refractivity contribution >= 4 is 22.4 Å². The summed E-state index contributed by atoms with van der Waals surface area (Å²) in [6.07, 6.45) is 16.5. The Bertz CT molecular complexity index is 1060. The first-order valence-corrected chi connectivity index (χ1v) is 16.7. The third-order valence-electron chi connectivity index (χ3n) is 4.59. The zero-order chi connectivity index (χ0) is 18.6. The minimum absolute atomic E-state index is 0. The van der Waals surface area contributed by atoms with E-state index in [1.54, 1.807) is 3.28 Å². The molecule has 1 nitrogen and oxygen atoms in total. The van der Waals surface area contributed by atoms with Crippen LogP contribution >= 0.6 is 0 Å². The van der Waals surface area contributed by atoms with Gasteiger partial charge >= 0.3 is 69.3 Å². The van der Waals surface area contributed by atoms with E-state index in [0.717, 1.165) is 11.4 Å². The molecule has 0 fully saturated rings. The van der Waals surface area contributed by atoms with Gasteiger partial charge in [-0.25, -0.2) is 4.99 Å². The van der Waals surface area contributed by atoms with E-state index in [2.05, 4.69) is 97.0 Å². The number of aliphatic imine (C=N–C) groups is 1. The topological polar surface area (TPSA) is 12.4 Å². The van der Waals surface area contributed by atoms with Crippen molar-refractivity contribution in [3.05, 3.63) is 105 Å². The molecule has 2 aliphatic carbocycles. The standard InChI is InChI=1S/C17H11N.C5H5.C2H6Si.2ClH.Zr/c1-2-5-13-10-15(9-8-12(13)4-1)17-11-14-6-3-7-16(14)18-17;1-2-4-5-3-1;1-3-2;;;/h1-11H;1-3H,4H2;1-2H3;2*1H;/q;;;;;+2/p-2. The van der Waals surface area contributed by atoms with Crippen LogP contribution in [0.1, 0.15) is 12.0 Å². The normalized spacial score (nSPS) is 15.3. The number of halogens is 2. The third-order valence-corrected chi connectivity index (χ3v) is 12.4. The second kappa shape index (κ2) is 11.2. The molecule has 5 heteroatoms. The third kappa shape index (κ3) is 6.12. The number of allylic oxidation sites excluding steroid dienone is 8. The van der Waals surface area contributed by atoms with Crippen LogP contribution < -0.4 is 24.8 Å². The van der Waals surface area contributed by atoms with Gasteiger partial charge in [0.05, 0.1) is 11.4 Å². The van der Waals surface area contributed by atoms with Crippen LogP contribution in [0.5, 0.6) is 0 Å². The largest absolute Gasteiger partial charge is 1.00 e. The Morgan fingerprint density at radius 3 is 2.41 bits per heavy atom. The second-order valence-electron chi connectivity index (χ2n) is 7.02. The van der Waals surface area contributed by atoms with Crippen LogP contribution in [0.4, 0.5) is 0 Å². The van der Waals surface area contributed by atoms with Gasteiger partial charge in [-0.15, -0.1) is 0 Å². The van der Waals surface area contributed by atoms with Crippen molar-refractivity contribution in [3.63, 3.8) is 0 Å². The van der Waals surface area contributed by atoms with Gasteiger partial charge < -0.3 is 24.8 Å². The molecular formula is C24H22Cl2NSiZr. The Hall–Kier alpha value is -1.25. The Balaban J connectivity index is 0.000000236. The van der Waals surface area contributed by atoms with Crippen LogP contribution in [0.3, 0.4) is 0 Å². The predicted octanol–water partition coefficient (Wildman–Crippen LogP) is 0.194.